The highest BCUT2D eigenvalue weighted by atomic mass is 16.5. The molecule has 0 radical (unpaired) electrons. The first-order valence-electron chi connectivity index (χ1n) is 9.15. The van der Waals surface area contributed by atoms with E-state index in [4.69, 9.17) is 10.5 Å². The van der Waals surface area contributed by atoms with Gasteiger partial charge in [-0.2, -0.15) is 0 Å². The molecule has 138 valence electrons. The summed E-state index contributed by atoms with van der Waals surface area (Å²) in [6.45, 7) is 3.12. The summed E-state index contributed by atoms with van der Waals surface area (Å²) < 4.78 is 5.52. The number of aromatic hydroxyl groups is 1. The normalized spacial score (nSPS) is 29.8. The minimum absolute atomic E-state index is 0.0494. The van der Waals surface area contributed by atoms with Crippen LogP contribution in [0.25, 0.3) is 0 Å². The molecule has 1 aromatic carbocycles. The molecule has 0 spiro atoms. The number of phenols is 1. The van der Waals surface area contributed by atoms with E-state index in [1.165, 1.54) is 0 Å². The maximum Gasteiger partial charge on any atom is 0.231 e. The van der Waals surface area contributed by atoms with Crippen molar-refractivity contribution < 1.29 is 19.7 Å². The summed E-state index contributed by atoms with van der Waals surface area (Å²) in [5.41, 5.74) is 5.72. The number of phenolic OH excluding ortho intramolecular Hbond substituents is 1. The van der Waals surface area contributed by atoms with E-state index in [2.05, 4.69) is 4.90 Å². The zero-order valence-electron chi connectivity index (χ0n) is 14.8. The van der Waals surface area contributed by atoms with Crippen molar-refractivity contribution in [3.05, 3.63) is 23.8 Å². The van der Waals surface area contributed by atoms with Crippen LogP contribution < -0.4 is 10.5 Å². The van der Waals surface area contributed by atoms with Crippen molar-refractivity contribution in [1.82, 2.24) is 4.90 Å². The van der Waals surface area contributed by atoms with Gasteiger partial charge < -0.3 is 20.7 Å². The van der Waals surface area contributed by atoms with Gasteiger partial charge >= 0.3 is 0 Å². The van der Waals surface area contributed by atoms with Crippen LogP contribution in [0.4, 0.5) is 0 Å². The molecule has 2 fully saturated rings. The summed E-state index contributed by atoms with van der Waals surface area (Å²) in [5, 5.41) is 21.2. The van der Waals surface area contributed by atoms with Gasteiger partial charge in [0.25, 0.3) is 0 Å². The van der Waals surface area contributed by atoms with Crippen LogP contribution in [0.2, 0.25) is 0 Å². The molecular weight excluding hydrogens is 320 g/mol. The number of amides is 1. The van der Waals surface area contributed by atoms with E-state index in [0.29, 0.717) is 25.3 Å². The molecule has 1 aliphatic heterocycles. The molecule has 0 bridgehead atoms. The molecule has 3 atom stereocenters. The Bertz CT molecular complexity index is 636. The van der Waals surface area contributed by atoms with E-state index in [0.717, 1.165) is 31.2 Å². The zero-order valence-corrected chi connectivity index (χ0v) is 14.8. The minimum atomic E-state index is -0.694. The van der Waals surface area contributed by atoms with Gasteiger partial charge in [-0.05, 0) is 43.9 Å². The molecular formula is C19H28N2O4. The Hall–Kier alpha value is -1.79. The van der Waals surface area contributed by atoms with Gasteiger partial charge in [0.2, 0.25) is 5.91 Å². The SMILES string of the molecule is CCOc1cc([C@@H]2[C@@H]3CCCC[C@@]3(O)CCN2CC(N)=O)ccc1O. The standard InChI is InChI=1S/C19H28N2O4/c1-2-25-16-11-13(6-7-15(16)22)18-14-5-3-4-8-19(14,24)9-10-21(18)12-17(20)23/h6-7,11,14,18,22,24H,2-5,8-10,12H2,1H3,(H2,20,23)/t14-,18+,19+/m0/s1. The average Bonchev–Trinajstić information content (AvgIpc) is 2.57. The minimum Gasteiger partial charge on any atom is -0.504 e. The fourth-order valence-corrected chi connectivity index (χ4v) is 4.55. The Morgan fingerprint density at radius 3 is 2.92 bits per heavy atom. The van der Waals surface area contributed by atoms with E-state index in [1.807, 2.05) is 19.1 Å². The van der Waals surface area contributed by atoms with E-state index in [1.54, 1.807) is 6.07 Å². The van der Waals surface area contributed by atoms with Crippen LogP contribution in [0.15, 0.2) is 18.2 Å². The number of nitrogens with two attached hydrogens (primary N) is 1. The molecule has 1 aliphatic carbocycles. The average molecular weight is 348 g/mol. The van der Waals surface area contributed by atoms with Gasteiger partial charge in [0.1, 0.15) is 0 Å². The van der Waals surface area contributed by atoms with Gasteiger partial charge in [0.15, 0.2) is 11.5 Å². The fourth-order valence-electron chi connectivity index (χ4n) is 4.55. The lowest BCUT2D eigenvalue weighted by molar-refractivity contribution is -0.136. The highest BCUT2D eigenvalue weighted by molar-refractivity contribution is 5.76. The fraction of sp³-hybridized carbons (Fsp3) is 0.632. The molecule has 0 unspecified atom stereocenters. The Morgan fingerprint density at radius 2 is 2.20 bits per heavy atom. The van der Waals surface area contributed by atoms with Crippen molar-refractivity contribution in [1.29, 1.82) is 0 Å². The molecule has 6 heteroatoms. The zero-order chi connectivity index (χ0) is 18.0. The van der Waals surface area contributed by atoms with Crippen molar-refractivity contribution in [2.24, 2.45) is 11.7 Å². The third kappa shape index (κ3) is 3.60. The number of primary amides is 1. The van der Waals surface area contributed by atoms with Gasteiger partial charge in [0.05, 0.1) is 18.8 Å². The Morgan fingerprint density at radius 1 is 1.40 bits per heavy atom. The summed E-state index contributed by atoms with van der Waals surface area (Å²) in [7, 11) is 0. The molecule has 1 heterocycles. The number of carbonyl (C=O) groups is 1. The molecule has 1 aromatic rings. The van der Waals surface area contributed by atoms with Crippen molar-refractivity contribution in [2.75, 3.05) is 19.7 Å². The summed E-state index contributed by atoms with van der Waals surface area (Å²) in [5.74, 6) is 0.217. The predicted octanol–water partition coefficient (Wildman–Crippen LogP) is 1.94. The van der Waals surface area contributed by atoms with E-state index in [-0.39, 0.29) is 30.2 Å². The Labute approximate surface area is 148 Å². The molecule has 2 aliphatic rings. The summed E-state index contributed by atoms with van der Waals surface area (Å²) in [6.07, 6.45) is 4.49. The van der Waals surface area contributed by atoms with Crippen LogP contribution in [0.3, 0.4) is 0 Å². The smallest absolute Gasteiger partial charge is 0.231 e. The molecule has 25 heavy (non-hydrogen) atoms. The predicted molar refractivity (Wildman–Crippen MR) is 94.3 cm³/mol. The van der Waals surface area contributed by atoms with Crippen molar-refractivity contribution in [3.8, 4) is 11.5 Å². The topological polar surface area (TPSA) is 96.0 Å². The monoisotopic (exact) mass is 348 g/mol. The molecule has 3 rings (SSSR count). The summed E-state index contributed by atoms with van der Waals surface area (Å²) >= 11 is 0. The Balaban J connectivity index is 1.99. The van der Waals surface area contributed by atoms with Crippen LogP contribution in [-0.4, -0.2) is 46.3 Å². The van der Waals surface area contributed by atoms with E-state index >= 15 is 0 Å². The largest absolute Gasteiger partial charge is 0.504 e. The highest BCUT2D eigenvalue weighted by Gasteiger charge is 2.49. The quantitative estimate of drug-likeness (QED) is 0.756. The van der Waals surface area contributed by atoms with Gasteiger partial charge in [-0.3, -0.25) is 9.69 Å². The summed E-state index contributed by atoms with van der Waals surface area (Å²) in [4.78, 5) is 13.6. The third-order valence-corrected chi connectivity index (χ3v) is 5.66. The van der Waals surface area contributed by atoms with E-state index < -0.39 is 5.60 Å². The lowest BCUT2D eigenvalue weighted by atomic mass is 9.66. The van der Waals surface area contributed by atoms with Crippen LogP contribution in [0.1, 0.15) is 50.6 Å². The second-order valence-electron chi connectivity index (χ2n) is 7.25. The van der Waals surface area contributed by atoms with E-state index in [9.17, 15) is 15.0 Å². The first kappa shape index (κ1) is 18.0. The number of likely N-dealkylation sites (tertiary alicyclic amines) is 1. The third-order valence-electron chi connectivity index (χ3n) is 5.66. The lowest BCUT2D eigenvalue weighted by Crippen LogP contribution is -2.56. The molecule has 1 saturated carbocycles. The molecule has 1 amide bonds. The molecule has 1 saturated heterocycles. The second kappa shape index (κ2) is 7.22. The number of nitrogens with zero attached hydrogens (tertiary/aromatic N) is 1. The first-order chi connectivity index (χ1) is 11.9. The van der Waals surface area contributed by atoms with Gasteiger partial charge in [-0.15, -0.1) is 0 Å². The van der Waals surface area contributed by atoms with Crippen molar-refractivity contribution in [2.45, 2.75) is 50.7 Å². The summed E-state index contributed by atoms with van der Waals surface area (Å²) in [6, 6.07) is 5.21. The van der Waals surface area contributed by atoms with Gasteiger partial charge in [-0.25, -0.2) is 0 Å². The van der Waals surface area contributed by atoms with Crippen LogP contribution in [0.5, 0.6) is 11.5 Å². The molecule has 6 nitrogen and oxygen atoms in total. The number of ether oxygens (including phenoxy) is 1. The number of rotatable bonds is 5. The number of hydrogen-bond donors (Lipinski definition) is 3. The van der Waals surface area contributed by atoms with Crippen LogP contribution in [0, 0.1) is 5.92 Å². The molecule has 0 aromatic heterocycles. The number of carbonyl (C=O) groups excluding carboxylic acids is 1. The Kier molecular flexibility index (Phi) is 5.20. The number of benzene rings is 1. The lowest BCUT2D eigenvalue weighted by Gasteiger charge is -2.52. The maximum absolute atomic E-state index is 11.6. The highest BCUT2D eigenvalue weighted by Crippen LogP contribution is 2.49. The first-order valence-corrected chi connectivity index (χ1v) is 9.15. The van der Waals surface area contributed by atoms with Crippen molar-refractivity contribution >= 4 is 5.91 Å². The van der Waals surface area contributed by atoms with Gasteiger partial charge in [0, 0.05) is 18.5 Å². The maximum atomic E-state index is 11.6. The van der Waals surface area contributed by atoms with Crippen LogP contribution >= 0.6 is 0 Å². The number of aliphatic hydroxyl groups is 1. The number of piperidine rings is 1. The number of hydrogen-bond acceptors (Lipinski definition) is 5. The van der Waals surface area contributed by atoms with Gasteiger partial charge in [-0.1, -0.05) is 18.9 Å². The number of fused-ring (bicyclic) bond motifs is 1. The van der Waals surface area contributed by atoms with Crippen LogP contribution in [-0.2, 0) is 4.79 Å². The molecule has 4 N–H and O–H groups in total. The van der Waals surface area contributed by atoms with Crippen molar-refractivity contribution in [3.63, 3.8) is 0 Å². The second-order valence-corrected chi connectivity index (χ2v) is 7.25.